The fourth-order valence-electron chi connectivity index (χ4n) is 1.34. The molecule has 0 aromatic carbocycles. The van der Waals surface area contributed by atoms with Crippen molar-refractivity contribution in [2.45, 2.75) is 31.2 Å². The molecule has 17 heavy (non-hydrogen) atoms. The highest BCUT2D eigenvalue weighted by Crippen LogP contribution is 2.27. The van der Waals surface area contributed by atoms with Gasteiger partial charge in [0.25, 0.3) is 0 Å². The van der Waals surface area contributed by atoms with Crippen LogP contribution in [0.25, 0.3) is 0 Å². The molecule has 0 radical (unpaired) electrons. The Kier molecular flexibility index (Phi) is 3.50. The molecule has 1 aliphatic rings. The molecular weight excluding hydrogens is 264 g/mol. The second-order valence-corrected chi connectivity index (χ2v) is 6.57. The first-order chi connectivity index (χ1) is 7.97. The van der Waals surface area contributed by atoms with E-state index in [2.05, 4.69) is 21.6 Å². The van der Waals surface area contributed by atoms with E-state index in [-0.39, 0.29) is 11.8 Å². The Balaban J connectivity index is 1.91. The second-order valence-electron chi connectivity index (χ2n) is 3.99. The maximum Gasteiger partial charge on any atom is 0.214 e. The van der Waals surface area contributed by atoms with Crippen LogP contribution in [0.1, 0.15) is 18.5 Å². The van der Waals surface area contributed by atoms with Gasteiger partial charge in [0, 0.05) is 5.03 Å². The summed E-state index contributed by atoms with van der Waals surface area (Å²) < 4.78 is 27.1. The maximum atomic E-state index is 11.5. The predicted octanol–water partition coefficient (Wildman–Crippen LogP) is 0.612. The molecular formula is C9H13ClN4O2S. The molecule has 0 saturated heterocycles. The summed E-state index contributed by atoms with van der Waals surface area (Å²) in [5.41, 5.74) is 0.562. The predicted molar refractivity (Wildman–Crippen MR) is 63.8 cm³/mol. The average Bonchev–Trinajstić information content (AvgIpc) is 2.99. The first kappa shape index (κ1) is 12.5. The van der Waals surface area contributed by atoms with Gasteiger partial charge in [0.1, 0.15) is 0 Å². The summed E-state index contributed by atoms with van der Waals surface area (Å²) in [6.45, 7) is 4.07. The zero-order chi connectivity index (χ0) is 12.5. The number of allylic oxidation sites excluding steroid dienone is 1. The van der Waals surface area contributed by atoms with Crippen molar-refractivity contribution in [1.82, 2.24) is 19.7 Å². The zero-order valence-corrected chi connectivity index (χ0v) is 10.7. The van der Waals surface area contributed by atoms with E-state index in [1.165, 1.54) is 4.68 Å². The molecule has 0 unspecified atom stereocenters. The average molecular weight is 277 g/mol. The summed E-state index contributed by atoms with van der Waals surface area (Å²) in [6.07, 6.45) is 3.13. The van der Waals surface area contributed by atoms with Crippen LogP contribution in [0.15, 0.2) is 17.8 Å². The van der Waals surface area contributed by atoms with Crippen LogP contribution in [-0.2, 0) is 23.1 Å². The quantitative estimate of drug-likeness (QED) is 0.826. The van der Waals surface area contributed by atoms with E-state index in [1.54, 1.807) is 6.20 Å². The van der Waals surface area contributed by atoms with E-state index in [0.717, 1.165) is 12.8 Å². The van der Waals surface area contributed by atoms with E-state index in [4.69, 9.17) is 11.6 Å². The van der Waals surface area contributed by atoms with Crippen LogP contribution in [0.5, 0.6) is 0 Å². The lowest BCUT2D eigenvalue weighted by Gasteiger charge is -2.01. The number of hydrogen-bond donors (Lipinski definition) is 1. The maximum absolute atomic E-state index is 11.5. The molecule has 1 aromatic rings. The van der Waals surface area contributed by atoms with Crippen molar-refractivity contribution >= 4 is 21.6 Å². The minimum absolute atomic E-state index is 0.160. The largest absolute Gasteiger partial charge is 0.247 e. The van der Waals surface area contributed by atoms with E-state index < -0.39 is 10.0 Å². The third kappa shape index (κ3) is 3.52. The number of rotatable bonds is 6. The number of halogens is 1. The topological polar surface area (TPSA) is 76.9 Å². The van der Waals surface area contributed by atoms with Gasteiger partial charge < -0.3 is 0 Å². The summed E-state index contributed by atoms with van der Waals surface area (Å²) >= 11 is 5.63. The molecule has 0 bridgehead atoms. The molecule has 0 aliphatic heterocycles. The van der Waals surface area contributed by atoms with Gasteiger partial charge in [0.05, 0.1) is 30.2 Å². The Morgan fingerprint density at radius 3 is 2.94 bits per heavy atom. The Bertz CT molecular complexity index is 521. The van der Waals surface area contributed by atoms with Gasteiger partial charge in [-0.1, -0.05) is 23.4 Å². The van der Waals surface area contributed by atoms with Crippen LogP contribution in [-0.4, -0.2) is 28.7 Å². The standard InChI is InChI=1S/C9H13ClN4O2S/c1-7(10)5-14-6-8(12-13-14)4-11-17(15,16)9-2-3-9/h6,9,11H,1-5H2. The fraction of sp³-hybridized carbons (Fsp3) is 0.556. The number of sulfonamides is 1. The van der Waals surface area contributed by atoms with Gasteiger partial charge in [-0.15, -0.1) is 5.10 Å². The second kappa shape index (κ2) is 4.75. The summed E-state index contributed by atoms with van der Waals surface area (Å²) in [4.78, 5) is 0. The zero-order valence-electron chi connectivity index (χ0n) is 9.13. The lowest BCUT2D eigenvalue weighted by molar-refractivity contribution is 0.579. The van der Waals surface area contributed by atoms with E-state index in [0.29, 0.717) is 17.3 Å². The summed E-state index contributed by atoms with van der Waals surface area (Å²) in [5.74, 6) is 0. The van der Waals surface area contributed by atoms with Crippen LogP contribution in [0.4, 0.5) is 0 Å². The number of nitrogens with one attached hydrogen (secondary N) is 1. The SMILES string of the molecule is C=C(Cl)Cn1cc(CNS(=O)(=O)C2CC2)nn1. The first-order valence-electron chi connectivity index (χ1n) is 5.18. The summed E-state index contributed by atoms with van der Waals surface area (Å²) in [7, 11) is -3.17. The number of hydrogen-bond acceptors (Lipinski definition) is 4. The van der Waals surface area contributed by atoms with Crippen LogP contribution in [0.3, 0.4) is 0 Å². The van der Waals surface area contributed by atoms with Gasteiger partial charge in [-0.3, -0.25) is 0 Å². The molecule has 0 atom stereocenters. The molecule has 8 heteroatoms. The molecule has 94 valence electrons. The first-order valence-corrected chi connectivity index (χ1v) is 7.10. The smallest absolute Gasteiger partial charge is 0.214 e. The third-order valence-electron chi connectivity index (χ3n) is 2.34. The van der Waals surface area contributed by atoms with Crippen molar-refractivity contribution in [3.05, 3.63) is 23.5 Å². The molecule has 0 spiro atoms. The van der Waals surface area contributed by atoms with Gasteiger partial charge in [-0.25, -0.2) is 17.8 Å². The van der Waals surface area contributed by atoms with Gasteiger partial charge in [0.15, 0.2) is 0 Å². The third-order valence-corrected chi connectivity index (χ3v) is 4.35. The highest BCUT2D eigenvalue weighted by Gasteiger charge is 2.35. The van der Waals surface area contributed by atoms with Crippen molar-refractivity contribution in [2.24, 2.45) is 0 Å². The van der Waals surface area contributed by atoms with Gasteiger partial charge in [0.2, 0.25) is 10.0 Å². The summed E-state index contributed by atoms with van der Waals surface area (Å²) in [6, 6.07) is 0. The van der Waals surface area contributed by atoms with Gasteiger partial charge in [-0.2, -0.15) is 0 Å². The van der Waals surface area contributed by atoms with Crippen molar-refractivity contribution < 1.29 is 8.42 Å². The van der Waals surface area contributed by atoms with Crippen LogP contribution < -0.4 is 4.72 Å². The molecule has 6 nitrogen and oxygen atoms in total. The molecule has 1 fully saturated rings. The molecule has 2 rings (SSSR count). The highest BCUT2D eigenvalue weighted by atomic mass is 35.5. The minimum atomic E-state index is -3.17. The Labute approximate surface area is 105 Å². The molecule has 1 saturated carbocycles. The summed E-state index contributed by atoms with van der Waals surface area (Å²) in [5, 5.41) is 7.86. The molecule has 1 aromatic heterocycles. The molecule has 1 aliphatic carbocycles. The fourth-order valence-corrected chi connectivity index (χ4v) is 2.81. The normalized spacial score (nSPS) is 16.1. The Hall–Kier alpha value is -0.920. The van der Waals surface area contributed by atoms with Crippen LogP contribution >= 0.6 is 11.6 Å². The minimum Gasteiger partial charge on any atom is -0.247 e. The number of nitrogens with zero attached hydrogens (tertiary/aromatic N) is 3. The van der Waals surface area contributed by atoms with Gasteiger partial charge in [-0.05, 0) is 12.8 Å². The van der Waals surface area contributed by atoms with Gasteiger partial charge >= 0.3 is 0 Å². The molecule has 1 heterocycles. The molecule has 0 amide bonds. The van der Waals surface area contributed by atoms with E-state index in [9.17, 15) is 8.42 Å². The number of aromatic nitrogens is 3. The lowest BCUT2D eigenvalue weighted by Crippen LogP contribution is -2.26. The lowest BCUT2D eigenvalue weighted by atomic mass is 10.5. The van der Waals surface area contributed by atoms with Crippen molar-refractivity contribution in [2.75, 3.05) is 0 Å². The Morgan fingerprint density at radius 1 is 1.65 bits per heavy atom. The van der Waals surface area contributed by atoms with Crippen LogP contribution in [0.2, 0.25) is 0 Å². The van der Waals surface area contributed by atoms with E-state index >= 15 is 0 Å². The van der Waals surface area contributed by atoms with Crippen molar-refractivity contribution in [1.29, 1.82) is 0 Å². The highest BCUT2D eigenvalue weighted by molar-refractivity contribution is 7.90. The Morgan fingerprint density at radius 2 is 2.35 bits per heavy atom. The van der Waals surface area contributed by atoms with Crippen molar-refractivity contribution in [3.8, 4) is 0 Å². The van der Waals surface area contributed by atoms with Crippen LogP contribution in [0, 0.1) is 0 Å². The molecule has 1 N–H and O–H groups in total. The monoisotopic (exact) mass is 276 g/mol. The van der Waals surface area contributed by atoms with Crippen molar-refractivity contribution in [3.63, 3.8) is 0 Å². The van der Waals surface area contributed by atoms with E-state index in [1.807, 2.05) is 0 Å².